The van der Waals surface area contributed by atoms with Crippen LogP contribution in [0.5, 0.6) is 0 Å². The third-order valence-electron chi connectivity index (χ3n) is 5.20. The Hall–Kier alpha value is -3.81. The molecule has 0 unspecified atom stereocenters. The van der Waals surface area contributed by atoms with Crippen molar-refractivity contribution in [1.82, 2.24) is 15.1 Å². The number of hydrogen-bond acceptors (Lipinski definition) is 4. The first-order valence-corrected chi connectivity index (χ1v) is 10.1. The molecule has 1 heterocycles. The van der Waals surface area contributed by atoms with Gasteiger partial charge in [-0.15, -0.1) is 0 Å². The summed E-state index contributed by atoms with van der Waals surface area (Å²) >= 11 is 0. The van der Waals surface area contributed by atoms with Gasteiger partial charge in [0.15, 0.2) is 0 Å². The second kappa shape index (κ2) is 8.91. The van der Waals surface area contributed by atoms with Gasteiger partial charge < -0.3 is 10.6 Å². The zero-order valence-electron chi connectivity index (χ0n) is 16.7. The fraction of sp³-hybridized carbons (Fsp3) is 0.217. The van der Waals surface area contributed by atoms with E-state index in [9.17, 15) is 18.8 Å². The van der Waals surface area contributed by atoms with Crippen molar-refractivity contribution < 1.29 is 14.0 Å². The Morgan fingerprint density at radius 1 is 0.903 bits per heavy atom. The van der Waals surface area contributed by atoms with Crippen LogP contribution in [0.4, 0.5) is 10.1 Å². The molecule has 0 spiro atoms. The molecule has 0 atom stereocenters. The van der Waals surface area contributed by atoms with E-state index >= 15 is 0 Å². The molecule has 1 aliphatic rings. The van der Waals surface area contributed by atoms with E-state index in [0.29, 0.717) is 16.9 Å². The molecule has 0 aliphatic heterocycles. The van der Waals surface area contributed by atoms with Crippen LogP contribution in [0.1, 0.15) is 46.5 Å². The van der Waals surface area contributed by atoms with Gasteiger partial charge >= 0.3 is 0 Å². The molecule has 158 valence electrons. The van der Waals surface area contributed by atoms with E-state index in [1.807, 2.05) is 0 Å². The summed E-state index contributed by atoms with van der Waals surface area (Å²) in [4.78, 5) is 37.0. The highest BCUT2D eigenvalue weighted by molar-refractivity contribution is 6.03. The molecule has 1 fully saturated rings. The smallest absolute Gasteiger partial charge is 0.276 e. The van der Waals surface area contributed by atoms with Crippen molar-refractivity contribution in [3.63, 3.8) is 0 Å². The Morgan fingerprint density at radius 3 is 2.26 bits per heavy atom. The lowest BCUT2D eigenvalue weighted by Crippen LogP contribution is -2.32. The number of rotatable bonds is 5. The van der Waals surface area contributed by atoms with E-state index in [1.54, 1.807) is 24.3 Å². The Labute approximate surface area is 177 Å². The first kappa shape index (κ1) is 20.5. The van der Waals surface area contributed by atoms with Gasteiger partial charge in [-0.3, -0.25) is 14.4 Å². The second-order valence-corrected chi connectivity index (χ2v) is 7.43. The minimum Gasteiger partial charge on any atom is -0.349 e. The number of benzene rings is 2. The lowest BCUT2D eigenvalue weighted by Gasteiger charge is -2.12. The monoisotopic (exact) mass is 420 g/mol. The average molecular weight is 420 g/mol. The van der Waals surface area contributed by atoms with Gasteiger partial charge in [0.1, 0.15) is 11.5 Å². The molecule has 1 aromatic heterocycles. The zero-order chi connectivity index (χ0) is 21.8. The second-order valence-electron chi connectivity index (χ2n) is 7.43. The van der Waals surface area contributed by atoms with Crippen LogP contribution in [-0.2, 0) is 0 Å². The summed E-state index contributed by atoms with van der Waals surface area (Å²) < 4.78 is 14.2. The number of carbonyl (C=O) groups excluding carboxylic acids is 2. The van der Waals surface area contributed by atoms with Gasteiger partial charge in [-0.1, -0.05) is 12.8 Å². The van der Waals surface area contributed by atoms with Crippen LogP contribution in [-0.4, -0.2) is 27.6 Å². The van der Waals surface area contributed by atoms with E-state index in [0.717, 1.165) is 30.4 Å². The molecular formula is C23H21FN4O3. The highest BCUT2D eigenvalue weighted by atomic mass is 19.1. The predicted octanol–water partition coefficient (Wildman–Crippen LogP) is 3.30. The predicted molar refractivity (Wildman–Crippen MR) is 114 cm³/mol. The molecule has 31 heavy (non-hydrogen) atoms. The molecule has 0 saturated heterocycles. The van der Waals surface area contributed by atoms with E-state index in [1.165, 1.54) is 36.4 Å². The number of anilines is 1. The number of carbonyl (C=O) groups is 2. The van der Waals surface area contributed by atoms with Crippen LogP contribution < -0.4 is 16.2 Å². The lowest BCUT2D eigenvalue weighted by atomic mass is 10.1. The van der Waals surface area contributed by atoms with Gasteiger partial charge in [-0.05, 0) is 67.4 Å². The van der Waals surface area contributed by atoms with Crippen LogP contribution >= 0.6 is 0 Å². The van der Waals surface area contributed by atoms with Crippen LogP contribution in [0.2, 0.25) is 0 Å². The van der Waals surface area contributed by atoms with Gasteiger partial charge in [0.25, 0.3) is 17.4 Å². The van der Waals surface area contributed by atoms with Crippen LogP contribution in [0, 0.1) is 5.82 Å². The number of amides is 2. The van der Waals surface area contributed by atoms with E-state index in [-0.39, 0.29) is 17.6 Å². The van der Waals surface area contributed by atoms with Crippen molar-refractivity contribution >= 4 is 17.5 Å². The highest BCUT2D eigenvalue weighted by Gasteiger charge is 2.18. The lowest BCUT2D eigenvalue weighted by molar-refractivity contribution is 0.0937. The molecule has 1 saturated carbocycles. The summed E-state index contributed by atoms with van der Waals surface area (Å²) in [6.45, 7) is 0. The fourth-order valence-electron chi connectivity index (χ4n) is 3.54. The fourth-order valence-corrected chi connectivity index (χ4v) is 3.54. The van der Waals surface area contributed by atoms with Crippen LogP contribution in [0.25, 0.3) is 5.69 Å². The van der Waals surface area contributed by atoms with Gasteiger partial charge in [0.05, 0.1) is 5.69 Å². The van der Waals surface area contributed by atoms with Crippen molar-refractivity contribution in [3.8, 4) is 5.69 Å². The molecule has 2 amide bonds. The molecule has 1 aliphatic carbocycles. The van der Waals surface area contributed by atoms with Crippen LogP contribution in [0.3, 0.4) is 0 Å². The van der Waals surface area contributed by atoms with Crippen molar-refractivity contribution in [2.24, 2.45) is 0 Å². The van der Waals surface area contributed by atoms with Crippen molar-refractivity contribution in [3.05, 3.63) is 88.1 Å². The number of hydrogen-bond donors (Lipinski definition) is 2. The average Bonchev–Trinajstić information content (AvgIpc) is 3.28. The van der Waals surface area contributed by atoms with E-state index in [4.69, 9.17) is 0 Å². The largest absolute Gasteiger partial charge is 0.349 e. The summed E-state index contributed by atoms with van der Waals surface area (Å²) in [5.74, 6) is -1.08. The Bertz CT molecular complexity index is 1150. The summed E-state index contributed by atoms with van der Waals surface area (Å²) in [7, 11) is 0. The van der Waals surface area contributed by atoms with Gasteiger partial charge in [0.2, 0.25) is 0 Å². The third-order valence-corrected chi connectivity index (χ3v) is 5.20. The maximum atomic E-state index is 13.1. The SMILES string of the molecule is O=C(NC1CCCC1)c1ccc(NC(=O)c2ccc(=O)n(-c3ccc(F)cc3)n2)cc1. The van der Waals surface area contributed by atoms with Gasteiger partial charge in [-0.2, -0.15) is 9.78 Å². The maximum Gasteiger partial charge on any atom is 0.276 e. The summed E-state index contributed by atoms with van der Waals surface area (Å²) in [5.41, 5.74) is 0.933. The highest BCUT2D eigenvalue weighted by Crippen LogP contribution is 2.18. The van der Waals surface area contributed by atoms with Crippen molar-refractivity contribution in [2.75, 3.05) is 5.32 Å². The number of nitrogens with zero attached hydrogens (tertiary/aromatic N) is 2. The first-order valence-electron chi connectivity index (χ1n) is 10.1. The van der Waals surface area contributed by atoms with Crippen molar-refractivity contribution in [1.29, 1.82) is 0 Å². The molecule has 0 radical (unpaired) electrons. The molecule has 7 nitrogen and oxygen atoms in total. The Balaban J connectivity index is 1.45. The number of aromatic nitrogens is 2. The Morgan fingerprint density at radius 2 is 1.58 bits per heavy atom. The summed E-state index contributed by atoms with van der Waals surface area (Å²) in [5, 5.41) is 9.79. The molecule has 4 rings (SSSR count). The van der Waals surface area contributed by atoms with E-state index < -0.39 is 17.3 Å². The van der Waals surface area contributed by atoms with Gasteiger partial charge in [-0.25, -0.2) is 4.39 Å². The molecule has 3 aromatic rings. The third kappa shape index (κ3) is 4.85. The summed E-state index contributed by atoms with van der Waals surface area (Å²) in [6.07, 6.45) is 4.29. The topological polar surface area (TPSA) is 93.1 Å². The molecule has 2 N–H and O–H groups in total. The van der Waals surface area contributed by atoms with Crippen molar-refractivity contribution in [2.45, 2.75) is 31.7 Å². The molecule has 8 heteroatoms. The number of nitrogens with one attached hydrogen (secondary N) is 2. The normalized spacial score (nSPS) is 13.7. The zero-order valence-corrected chi connectivity index (χ0v) is 16.7. The van der Waals surface area contributed by atoms with Gasteiger partial charge in [0, 0.05) is 23.4 Å². The standard InChI is InChI=1S/C23H21FN4O3/c24-16-7-11-19(12-8-16)28-21(29)14-13-20(27-28)23(31)26-18-9-5-15(6-10-18)22(30)25-17-3-1-2-4-17/h5-14,17H,1-4H2,(H,25,30)(H,26,31). The maximum absolute atomic E-state index is 13.1. The first-order chi connectivity index (χ1) is 15.0. The van der Waals surface area contributed by atoms with Crippen LogP contribution in [0.15, 0.2) is 65.5 Å². The Kier molecular flexibility index (Phi) is 5.88. The minimum absolute atomic E-state index is 0.0203. The molecular weight excluding hydrogens is 399 g/mol. The quantitative estimate of drug-likeness (QED) is 0.662. The molecule has 0 bridgehead atoms. The number of halogens is 1. The molecule has 2 aromatic carbocycles. The van der Waals surface area contributed by atoms with E-state index in [2.05, 4.69) is 15.7 Å². The minimum atomic E-state index is -0.515. The summed E-state index contributed by atoms with van der Waals surface area (Å²) in [6, 6.07) is 14.6.